The van der Waals surface area contributed by atoms with Crippen LogP contribution in [0.3, 0.4) is 0 Å². The van der Waals surface area contributed by atoms with Crippen LogP contribution in [-0.2, 0) is 12.2 Å². The van der Waals surface area contributed by atoms with Crippen LogP contribution in [0.2, 0.25) is 0 Å². The van der Waals surface area contributed by atoms with E-state index in [4.69, 9.17) is 0 Å². The summed E-state index contributed by atoms with van der Waals surface area (Å²) in [4.78, 5) is 0. The number of hydrogen-bond acceptors (Lipinski definition) is 4. The summed E-state index contributed by atoms with van der Waals surface area (Å²) < 4.78 is 177. The van der Waals surface area contributed by atoms with Gasteiger partial charge in [0.1, 0.15) is 69.2 Å². The van der Waals surface area contributed by atoms with Gasteiger partial charge in [0.15, 0.2) is 0 Å². The summed E-state index contributed by atoms with van der Waals surface area (Å²) in [6.45, 7) is 14.3. The van der Waals surface area contributed by atoms with Crippen LogP contribution >= 0.6 is 15.9 Å². The second kappa shape index (κ2) is 27.1. The van der Waals surface area contributed by atoms with E-state index in [0.29, 0.717) is 59.3 Å². The molecule has 2 aliphatic rings. The van der Waals surface area contributed by atoms with Crippen molar-refractivity contribution in [3.8, 4) is 22.6 Å². The van der Waals surface area contributed by atoms with Crippen molar-refractivity contribution in [3.05, 3.63) is 179 Å². The van der Waals surface area contributed by atoms with Gasteiger partial charge in [0.05, 0.1) is 0 Å². The highest BCUT2D eigenvalue weighted by Gasteiger charge is 2.43. The zero-order chi connectivity index (χ0) is 59.1. The SMILES string of the molecule is CCCC1CCC(c2cc(C)c(-c3cc(F)c(C(F)(F)Oc4cc(F)c(C)c(F)c4)c(F)c3)c(C)c2)CC1.CCCC1CCC(c2cc(C)c(B(O)O)c(C)c2)CC1.Cc1c(F)cc(OC(F)(F)c2c(F)cc(Br)cc2F)cc1F.[HH].[HH]. The summed E-state index contributed by atoms with van der Waals surface area (Å²) in [5.41, 5.74) is 3.50. The molecule has 0 aliphatic heterocycles. The Morgan fingerprint density at radius 1 is 0.475 bits per heavy atom. The highest BCUT2D eigenvalue weighted by atomic mass is 79.9. The molecular weight excluding hydrogens is 1130 g/mol. The van der Waals surface area contributed by atoms with Crippen LogP contribution < -0.4 is 14.9 Å². The van der Waals surface area contributed by atoms with E-state index in [2.05, 4.69) is 51.4 Å². The Morgan fingerprint density at radius 2 is 0.787 bits per heavy atom. The summed E-state index contributed by atoms with van der Waals surface area (Å²) >= 11 is 2.74. The molecule has 2 saturated carbocycles. The largest absolute Gasteiger partial charge is 0.488 e. The molecule has 436 valence electrons. The maximum atomic E-state index is 15.0. The fraction of sp³-hybridized carbons (Fsp3) is 0.419. The molecule has 0 spiro atoms. The maximum Gasteiger partial charge on any atom is 0.488 e. The molecule has 2 N–H and O–H groups in total. The van der Waals surface area contributed by atoms with Crippen LogP contribution in [0.5, 0.6) is 11.5 Å². The first-order valence-corrected chi connectivity index (χ1v) is 27.6. The maximum absolute atomic E-state index is 15.0. The van der Waals surface area contributed by atoms with Gasteiger partial charge in [-0.2, -0.15) is 17.6 Å². The fourth-order valence-electron chi connectivity index (χ4n) is 11.3. The lowest BCUT2D eigenvalue weighted by Crippen LogP contribution is -2.34. The molecule has 4 nitrogen and oxygen atoms in total. The molecule has 80 heavy (non-hydrogen) atoms. The minimum Gasteiger partial charge on any atom is -0.429 e. The molecule has 0 unspecified atom stereocenters. The van der Waals surface area contributed by atoms with Gasteiger partial charge in [0.25, 0.3) is 0 Å². The monoisotopic (exact) mass is 1200 g/mol. The quantitative estimate of drug-likeness (QED) is 0.0843. The smallest absolute Gasteiger partial charge is 0.429 e. The molecule has 0 heterocycles. The highest BCUT2D eigenvalue weighted by molar-refractivity contribution is 9.10. The predicted octanol–water partition coefficient (Wildman–Crippen LogP) is 19.0. The number of benzene rings is 6. The first-order valence-electron chi connectivity index (χ1n) is 26.8. The van der Waals surface area contributed by atoms with Crippen molar-refractivity contribution < 1.29 is 75.1 Å². The molecule has 0 bridgehead atoms. The highest BCUT2D eigenvalue weighted by Crippen LogP contribution is 2.43. The molecule has 8 rings (SSSR count). The van der Waals surface area contributed by atoms with Gasteiger partial charge in [-0.1, -0.05) is 90.9 Å². The van der Waals surface area contributed by atoms with E-state index in [1.807, 2.05) is 39.8 Å². The molecule has 18 heteroatoms. The molecule has 0 saturated heterocycles. The van der Waals surface area contributed by atoms with Crippen LogP contribution in [0, 0.1) is 99.9 Å². The van der Waals surface area contributed by atoms with Gasteiger partial charge in [-0.05, 0) is 180 Å². The molecule has 2 aliphatic carbocycles. The van der Waals surface area contributed by atoms with Crippen molar-refractivity contribution in [1.82, 2.24) is 0 Å². The average molecular weight is 1200 g/mol. The molecule has 0 atom stereocenters. The van der Waals surface area contributed by atoms with Gasteiger partial charge in [0.2, 0.25) is 0 Å². The van der Waals surface area contributed by atoms with Crippen molar-refractivity contribution in [2.45, 2.75) is 156 Å². The number of ether oxygens (including phenoxy) is 2. The van der Waals surface area contributed by atoms with E-state index < -0.39 is 94.1 Å². The molecule has 0 amide bonds. The lowest BCUT2D eigenvalue weighted by molar-refractivity contribution is -0.190. The van der Waals surface area contributed by atoms with E-state index in [9.17, 15) is 54.0 Å². The zero-order valence-corrected chi connectivity index (χ0v) is 47.5. The third kappa shape index (κ3) is 15.5. The summed E-state index contributed by atoms with van der Waals surface area (Å²) in [6, 6.07) is 13.4. The average Bonchev–Trinajstić information content (AvgIpc) is 3.54. The molecule has 6 aromatic carbocycles. The van der Waals surface area contributed by atoms with Crippen LogP contribution in [0.1, 0.15) is 161 Å². The lowest BCUT2D eigenvalue weighted by atomic mass is 9.71. The summed E-state index contributed by atoms with van der Waals surface area (Å²) in [5.74, 6) is -9.64. The van der Waals surface area contributed by atoms with Crippen molar-refractivity contribution in [2.24, 2.45) is 11.8 Å². The molecule has 0 radical (unpaired) electrons. The Morgan fingerprint density at radius 3 is 1.10 bits per heavy atom. The predicted molar refractivity (Wildman–Crippen MR) is 296 cm³/mol. The minimum atomic E-state index is -4.51. The van der Waals surface area contributed by atoms with E-state index in [0.717, 1.165) is 72.9 Å². The van der Waals surface area contributed by atoms with E-state index in [1.165, 1.54) is 75.3 Å². The van der Waals surface area contributed by atoms with Gasteiger partial charge >= 0.3 is 19.3 Å². The number of alkyl halides is 4. The number of aryl methyl sites for hydroxylation is 4. The standard InChI is InChI=1S/C31H32F6O.C17H27BO2.C14H7BrF6O.2H2/c1-5-6-20-7-9-21(10-8-20)22-11-17(2)29(18(3)12-22)23-13-27(34)30(28(35)14-23)31(36,37)38-24-15-25(32)19(4)26(33)16-24;1-4-5-14-6-8-15(9-7-14)16-10-12(2)17(18(19)20)13(3)11-16;1-6-9(16)4-8(5-10(6)17)22-14(20,21)13-11(18)2-7(15)3-12(13)19;;/h11-16,20-21H,5-10H2,1-4H3;10-11,14-15,19-20H,4-9H2,1-3H3;2-5H,1H3;2*1H. The van der Waals surface area contributed by atoms with Gasteiger partial charge in [-0.15, -0.1) is 0 Å². The topological polar surface area (TPSA) is 58.9 Å². The Bertz CT molecular complexity index is 3010. The van der Waals surface area contributed by atoms with Crippen LogP contribution in [0.25, 0.3) is 11.1 Å². The molecule has 0 aromatic heterocycles. The summed E-state index contributed by atoms with van der Waals surface area (Å²) in [7, 11) is -1.36. The van der Waals surface area contributed by atoms with Crippen LogP contribution in [-0.4, -0.2) is 17.2 Å². The first-order chi connectivity index (χ1) is 37.5. The van der Waals surface area contributed by atoms with Crippen LogP contribution in [0.15, 0.2) is 77.3 Å². The zero-order valence-electron chi connectivity index (χ0n) is 45.9. The Hall–Kier alpha value is -5.46. The van der Waals surface area contributed by atoms with E-state index in [-0.39, 0.29) is 18.5 Å². The third-order valence-corrected chi connectivity index (χ3v) is 15.8. The molecular formula is C62H70BBrF12O4. The number of hydrogen-bond donors (Lipinski definition) is 2. The number of halogens is 13. The van der Waals surface area contributed by atoms with Gasteiger partial charge in [-0.25, -0.2) is 35.1 Å². The van der Waals surface area contributed by atoms with Crippen molar-refractivity contribution in [1.29, 1.82) is 0 Å². The Balaban J connectivity index is 0.000000281. The summed E-state index contributed by atoms with van der Waals surface area (Å²) in [6.07, 6.45) is 6.00. The van der Waals surface area contributed by atoms with Crippen molar-refractivity contribution >= 4 is 28.5 Å². The lowest BCUT2D eigenvalue weighted by Gasteiger charge is -2.29. The van der Waals surface area contributed by atoms with Gasteiger partial charge in [0, 0.05) is 42.7 Å². The Labute approximate surface area is 472 Å². The van der Waals surface area contributed by atoms with Crippen molar-refractivity contribution in [2.75, 3.05) is 0 Å². The van der Waals surface area contributed by atoms with Crippen LogP contribution in [0.4, 0.5) is 52.7 Å². The third-order valence-electron chi connectivity index (χ3n) is 15.4. The fourth-order valence-corrected chi connectivity index (χ4v) is 11.7. The van der Waals surface area contributed by atoms with Gasteiger partial charge in [-0.3, -0.25) is 0 Å². The minimum absolute atomic E-state index is 0. The van der Waals surface area contributed by atoms with Crippen molar-refractivity contribution in [3.63, 3.8) is 0 Å². The number of rotatable bonds is 14. The molecule has 6 aromatic rings. The van der Waals surface area contributed by atoms with E-state index >= 15 is 8.78 Å². The molecule has 2 fully saturated rings. The second-order valence-electron chi connectivity index (χ2n) is 21.3. The second-order valence-corrected chi connectivity index (χ2v) is 22.2. The van der Waals surface area contributed by atoms with Gasteiger partial charge < -0.3 is 19.5 Å². The first kappa shape index (κ1) is 63.7. The van der Waals surface area contributed by atoms with E-state index in [1.54, 1.807) is 0 Å². The summed E-state index contributed by atoms with van der Waals surface area (Å²) in [5, 5.41) is 18.9. The normalized spacial score (nSPS) is 17.5. The Kier molecular flexibility index (Phi) is 21.6.